The van der Waals surface area contributed by atoms with Gasteiger partial charge in [-0.1, -0.05) is 0 Å². The standard InChI is InChI=1S/2C3H4O2.2C3H7O.Ti/c2*1-2-3(4)5;2*1-3(2)4;/h2*2H,1H2,(H,4,5);2*3H,1-2H3;/q;;2*-1;+4/p-2. The van der Waals surface area contributed by atoms with Crippen molar-refractivity contribution in [2.75, 3.05) is 0 Å². The van der Waals surface area contributed by atoms with E-state index >= 15 is 0 Å². The van der Waals surface area contributed by atoms with Gasteiger partial charge < -0.3 is 0 Å². The molecule has 0 fully saturated rings. The Morgan fingerprint density at radius 1 is 0.895 bits per heavy atom. The van der Waals surface area contributed by atoms with Crippen molar-refractivity contribution in [3.8, 4) is 0 Å². The summed E-state index contributed by atoms with van der Waals surface area (Å²) in [6, 6.07) is 0. The molecule has 0 N–H and O–H groups in total. The Hall–Kier alpha value is -0.946. The fourth-order valence-electron chi connectivity index (χ4n) is 1.05. The molecule has 0 aliphatic rings. The first-order chi connectivity index (χ1) is 8.74. The molecular weight excluding hydrogens is 288 g/mol. The van der Waals surface area contributed by atoms with Gasteiger partial charge in [-0.3, -0.25) is 0 Å². The van der Waals surface area contributed by atoms with Crippen molar-refractivity contribution in [1.82, 2.24) is 0 Å². The molecule has 0 radical (unpaired) electrons. The monoisotopic (exact) mass is 308 g/mol. The third kappa shape index (κ3) is 7.27. The predicted molar refractivity (Wildman–Crippen MR) is 65.0 cm³/mol. The average Bonchev–Trinajstić information content (AvgIpc) is 2.26. The maximum atomic E-state index is 11.4. The molecule has 0 aliphatic carbocycles. The Bertz CT molecular complexity index is 316. The molecular formula is C12H20O6Ti. The van der Waals surface area contributed by atoms with Crippen LogP contribution in [0.1, 0.15) is 27.7 Å². The van der Waals surface area contributed by atoms with Crippen molar-refractivity contribution in [2.24, 2.45) is 0 Å². The summed E-state index contributed by atoms with van der Waals surface area (Å²) in [7, 11) is 0. The van der Waals surface area contributed by atoms with E-state index in [-0.39, 0.29) is 12.2 Å². The van der Waals surface area contributed by atoms with Gasteiger partial charge in [0.25, 0.3) is 0 Å². The van der Waals surface area contributed by atoms with Crippen LogP contribution in [0.5, 0.6) is 0 Å². The molecule has 0 bridgehead atoms. The van der Waals surface area contributed by atoms with E-state index in [1.807, 2.05) is 0 Å². The average molecular weight is 308 g/mol. The molecule has 0 aromatic heterocycles. The third-order valence-electron chi connectivity index (χ3n) is 1.54. The molecule has 0 atom stereocenters. The first-order valence-corrected chi connectivity index (χ1v) is 8.36. The third-order valence-corrected chi connectivity index (χ3v) is 5.33. The molecule has 0 unspecified atom stereocenters. The quantitative estimate of drug-likeness (QED) is 0.505. The van der Waals surface area contributed by atoms with Crippen molar-refractivity contribution in [3.63, 3.8) is 0 Å². The van der Waals surface area contributed by atoms with Crippen molar-refractivity contribution < 1.29 is 41.0 Å². The van der Waals surface area contributed by atoms with Crippen LogP contribution in [0.25, 0.3) is 0 Å². The molecule has 0 saturated heterocycles. The summed E-state index contributed by atoms with van der Waals surface area (Å²) in [5.41, 5.74) is 0. The molecule has 19 heavy (non-hydrogen) atoms. The van der Waals surface area contributed by atoms with Crippen LogP contribution in [0, 0.1) is 0 Å². The normalized spacial score (nSPS) is 11.3. The fourth-order valence-corrected chi connectivity index (χ4v) is 4.34. The Morgan fingerprint density at radius 3 is 1.42 bits per heavy atom. The van der Waals surface area contributed by atoms with Gasteiger partial charge in [-0.2, -0.15) is 0 Å². The summed E-state index contributed by atoms with van der Waals surface area (Å²) in [5, 5.41) is 0. The zero-order chi connectivity index (χ0) is 15.1. The maximum absolute atomic E-state index is 11.4. The number of hydrogen-bond acceptors (Lipinski definition) is 6. The molecule has 108 valence electrons. The van der Waals surface area contributed by atoms with Gasteiger partial charge in [-0.05, 0) is 0 Å². The van der Waals surface area contributed by atoms with E-state index in [1.165, 1.54) is 0 Å². The Labute approximate surface area is 118 Å². The van der Waals surface area contributed by atoms with E-state index in [2.05, 4.69) is 13.2 Å². The van der Waals surface area contributed by atoms with Gasteiger partial charge in [-0.15, -0.1) is 0 Å². The fraction of sp³-hybridized carbons (Fsp3) is 0.500. The number of rotatable bonds is 8. The molecule has 6 nitrogen and oxygen atoms in total. The summed E-state index contributed by atoms with van der Waals surface area (Å²) in [5.74, 6) is -1.53. The Kier molecular flexibility index (Phi) is 7.86. The second-order valence-electron chi connectivity index (χ2n) is 4.08. The van der Waals surface area contributed by atoms with Crippen LogP contribution in [-0.2, 0) is 41.0 Å². The van der Waals surface area contributed by atoms with E-state index in [0.717, 1.165) is 12.2 Å². The first kappa shape index (κ1) is 18.1. The topological polar surface area (TPSA) is 71.1 Å². The summed E-state index contributed by atoms with van der Waals surface area (Å²) < 4.78 is 21.1. The molecule has 0 saturated carbocycles. The molecule has 0 aliphatic heterocycles. The van der Waals surface area contributed by atoms with Gasteiger partial charge in [0.1, 0.15) is 0 Å². The molecule has 0 heterocycles. The van der Waals surface area contributed by atoms with Crippen LogP contribution in [0.15, 0.2) is 25.3 Å². The van der Waals surface area contributed by atoms with Gasteiger partial charge in [0.05, 0.1) is 0 Å². The van der Waals surface area contributed by atoms with Gasteiger partial charge in [0.2, 0.25) is 0 Å². The SMILES string of the molecule is C=CC(=O)[O][Ti]([O]C(=O)C=C)([O]C(C)C)[O]C(C)C. The molecule has 0 amide bonds. The summed E-state index contributed by atoms with van der Waals surface area (Å²) in [4.78, 5) is 22.8. The van der Waals surface area contributed by atoms with Crippen molar-refractivity contribution in [3.05, 3.63) is 25.3 Å². The van der Waals surface area contributed by atoms with Crippen molar-refractivity contribution in [2.45, 2.75) is 39.9 Å². The van der Waals surface area contributed by atoms with Crippen molar-refractivity contribution >= 4 is 11.9 Å². The van der Waals surface area contributed by atoms with Crippen molar-refractivity contribution in [1.29, 1.82) is 0 Å². The summed E-state index contributed by atoms with van der Waals surface area (Å²) in [6.07, 6.45) is 1.23. The van der Waals surface area contributed by atoms with Crippen LogP contribution in [0.3, 0.4) is 0 Å². The molecule has 0 rings (SSSR count). The number of carbonyl (C=O) groups is 2. The Balaban J connectivity index is 5.27. The molecule has 0 aromatic rings. The predicted octanol–water partition coefficient (Wildman–Crippen LogP) is 2.11. The Morgan fingerprint density at radius 2 is 1.21 bits per heavy atom. The zero-order valence-electron chi connectivity index (χ0n) is 11.7. The van der Waals surface area contributed by atoms with Gasteiger partial charge in [0.15, 0.2) is 0 Å². The zero-order valence-corrected chi connectivity index (χ0v) is 13.2. The number of carbonyl (C=O) groups excluding carboxylic acids is 2. The van der Waals surface area contributed by atoms with Crippen LogP contribution >= 0.6 is 0 Å². The van der Waals surface area contributed by atoms with Crippen LogP contribution in [0.2, 0.25) is 0 Å². The van der Waals surface area contributed by atoms with Gasteiger partial charge in [-0.25, -0.2) is 0 Å². The second-order valence-corrected chi connectivity index (χ2v) is 7.02. The molecule has 0 aromatic carbocycles. The molecule has 7 heteroatoms. The van der Waals surface area contributed by atoms with Gasteiger partial charge >= 0.3 is 118 Å². The van der Waals surface area contributed by atoms with Crippen LogP contribution < -0.4 is 0 Å². The van der Waals surface area contributed by atoms with E-state index in [1.54, 1.807) is 27.7 Å². The van der Waals surface area contributed by atoms with E-state index < -0.39 is 30.1 Å². The van der Waals surface area contributed by atoms with E-state index in [4.69, 9.17) is 13.3 Å². The van der Waals surface area contributed by atoms with Crippen LogP contribution in [0.4, 0.5) is 0 Å². The minimum atomic E-state index is -4.52. The summed E-state index contributed by atoms with van der Waals surface area (Å²) >= 11 is -4.52. The van der Waals surface area contributed by atoms with Crippen LogP contribution in [-0.4, -0.2) is 24.1 Å². The van der Waals surface area contributed by atoms with E-state index in [0.29, 0.717) is 0 Å². The molecule has 0 spiro atoms. The summed E-state index contributed by atoms with van der Waals surface area (Å²) in [6.45, 7) is 13.4. The van der Waals surface area contributed by atoms with E-state index in [9.17, 15) is 9.59 Å². The minimum absolute atomic E-state index is 0.339. The second kappa shape index (κ2) is 8.27. The number of hydrogen-bond donors (Lipinski definition) is 0. The first-order valence-electron chi connectivity index (χ1n) is 5.81. The van der Waals surface area contributed by atoms with Gasteiger partial charge in [0, 0.05) is 0 Å².